The number of hydrogen-bond acceptors (Lipinski definition) is 7. The predicted molar refractivity (Wildman–Crippen MR) is 145 cm³/mol. The van der Waals surface area contributed by atoms with E-state index >= 15 is 0 Å². The molecular formula is C29H26N2O5S. The summed E-state index contributed by atoms with van der Waals surface area (Å²) in [4.78, 5) is 33.2. The van der Waals surface area contributed by atoms with Gasteiger partial charge >= 0.3 is 5.91 Å². The molecule has 1 aliphatic heterocycles. The van der Waals surface area contributed by atoms with Crippen LogP contribution in [0.3, 0.4) is 0 Å². The van der Waals surface area contributed by atoms with Crippen LogP contribution in [-0.2, 0) is 9.59 Å². The van der Waals surface area contributed by atoms with Crippen LogP contribution in [0.25, 0.3) is 16.0 Å². The van der Waals surface area contributed by atoms with Crippen molar-refractivity contribution in [2.45, 2.75) is 26.8 Å². The van der Waals surface area contributed by atoms with Crippen LogP contribution < -0.4 is 14.4 Å². The number of carbonyl (C=O) groups excluding carboxylic acids is 2. The number of ketones is 1. The Morgan fingerprint density at radius 1 is 0.973 bits per heavy atom. The summed E-state index contributed by atoms with van der Waals surface area (Å²) in [5, 5.41) is 11.8. The van der Waals surface area contributed by atoms with Crippen molar-refractivity contribution in [2.24, 2.45) is 0 Å². The van der Waals surface area contributed by atoms with Gasteiger partial charge < -0.3 is 14.6 Å². The first-order valence-electron chi connectivity index (χ1n) is 11.7. The Balaban J connectivity index is 1.75. The van der Waals surface area contributed by atoms with E-state index in [9.17, 15) is 14.7 Å². The van der Waals surface area contributed by atoms with E-state index in [0.717, 1.165) is 26.9 Å². The Morgan fingerprint density at radius 2 is 1.76 bits per heavy atom. The zero-order chi connectivity index (χ0) is 26.4. The number of hydrogen-bond donors (Lipinski definition) is 1. The molecule has 4 aromatic rings. The molecular weight excluding hydrogens is 488 g/mol. The van der Waals surface area contributed by atoms with Gasteiger partial charge in [-0.25, -0.2) is 4.98 Å². The van der Waals surface area contributed by atoms with Crippen molar-refractivity contribution in [3.8, 4) is 11.5 Å². The van der Waals surface area contributed by atoms with E-state index in [2.05, 4.69) is 0 Å². The first kappa shape index (κ1) is 24.5. The minimum absolute atomic E-state index is 0.00465. The van der Waals surface area contributed by atoms with Crippen molar-refractivity contribution >= 4 is 44.1 Å². The van der Waals surface area contributed by atoms with Crippen LogP contribution in [0.5, 0.6) is 11.5 Å². The number of aliphatic hydroxyl groups is 1. The van der Waals surface area contributed by atoms with Gasteiger partial charge in [-0.15, -0.1) is 0 Å². The van der Waals surface area contributed by atoms with Gasteiger partial charge in [0.15, 0.2) is 5.13 Å². The summed E-state index contributed by atoms with van der Waals surface area (Å²) in [6.07, 6.45) is 0. The summed E-state index contributed by atoms with van der Waals surface area (Å²) in [5.74, 6) is -0.549. The van der Waals surface area contributed by atoms with Crippen molar-refractivity contribution in [3.05, 3.63) is 88.0 Å². The highest BCUT2D eigenvalue weighted by molar-refractivity contribution is 7.22. The third-order valence-corrected chi connectivity index (χ3v) is 7.55. The lowest BCUT2D eigenvalue weighted by molar-refractivity contribution is -0.132. The number of nitrogens with zero attached hydrogens (tertiary/aromatic N) is 2. The monoisotopic (exact) mass is 514 g/mol. The van der Waals surface area contributed by atoms with E-state index in [1.54, 1.807) is 56.7 Å². The van der Waals surface area contributed by atoms with Crippen molar-refractivity contribution in [3.63, 3.8) is 0 Å². The lowest BCUT2D eigenvalue weighted by atomic mass is 9.94. The SMILES string of the molecule is COc1cccc(C2/C(=C(\O)c3ccc(OC)c(C)c3)C(=O)C(=O)N2c2nc3c(C)cc(C)cc3s2)c1. The number of Topliss-reactive ketones (excluding diaryl/α,β-unsaturated/α-hetero) is 1. The van der Waals surface area contributed by atoms with Crippen LogP contribution in [0.1, 0.15) is 33.9 Å². The maximum absolute atomic E-state index is 13.5. The van der Waals surface area contributed by atoms with Crippen LogP contribution in [-0.4, -0.2) is 36.0 Å². The molecule has 3 aromatic carbocycles. The van der Waals surface area contributed by atoms with Crippen LogP contribution in [0.15, 0.2) is 60.2 Å². The molecule has 0 aliphatic carbocycles. The molecule has 1 saturated heterocycles. The van der Waals surface area contributed by atoms with E-state index in [1.165, 1.54) is 16.2 Å². The van der Waals surface area contributed by atoms with Gasteiger partial charge in [-0.1, -0.05) is 29.5 Å². The van der Waals surface area contributed by atoms with Crippen LogP contribution >= 0.6 is 11.3 Å². The first-order valence-corrected chi connectivity index (χ1v) is 12.5. The minimum atomic E-state index is -0.889. The summed E-state index contributed by atoms with van der Waals surface area (Å²) in [6.45, 7) is 5.82. The molecule has 7 nitrogen and oxygen atoms in total. The van der Waals surface area contributed by atoms with E-state index < -0.39 is 17.7 Å². The zero-order valence-corrected chi connectivity index (χ0v) is 22.0. The number of carbonyl (C=O) groups is 2. The number of methoxy groups -OCH3 is 2. The lowest BCUT2D eigenvalue weighted by Gasteiger charge is -2.23. The molecule has 0 saturated carbocycles. The smallest absolute Gasteiger partial charge is 0.301 e. The molecule has 37 heavy (non-hydrogen) atoms. The largest absolute Gasteiger partial charge is 0.507 e. The molecule has 1 amide bonds. The minimum Gasteiger partial charge on any atom is -0.507 e. The van der Waals surface area contributed by atoms with E-state index in [1.807, 2.05) is 32.9 Å². The second-order valence-corrected chi connectivity index (χ2v) is 10.1. The Labute approximate surface area is 218 Å². The molecule has 1 atom stereocenters. The normalized spacial score (nSPS) is 17.0. The highest BCUT2D eigenvalue weighted by atomic mass is 32.1. The summed E-state index contributed by atoms with van der Waals surface area (Å²) >= 11 is 1.34. The molecule has 1 fully saturated rings. The molecule has 2 heterocycles. The molecule has 188 valence electrons. The molecule has 0 spiro atoms. The molecule has 8 heteroatoms. The summed E-state index contributed by atoms with van der Waals surface area (Å²) in [7, 11) is 3.12. The Bertz CT molecular complexity index is 1600. The molecule has 0 bridgehead atoms. The summed E-state index contributed by atoms with van der Waals surface area (Å²) in [5.41, 5.74) is 4.67. The third-order valence-electron chi connectivity index (χ3n) is 6.55. The van der Waals surface area contributed by atoms with E-state index in [-0.39, 0.29) is 11.3 Å². The number of anilines is 1. The summed E-state index contributed by atoms with van der Waals surface area (Å²) < 4.78 is 11.7. The third kappa shape index (κ3) is 4.13. The second kappa shape index (κ2) is 9.37. The van der Waals surface area contributed by atoms with Gasteiger partial charge in [0, 0.05) is 5.56 Å². The van der Waals surface area contributed by atoms with Gasteiger partial charge in [0.05, 0.1) is 36.1 Å². The molecule has 1 unspecified atom stereocenters. The van der Waals surface area contributed by atoms with Gasteiger partial charge in [0.1, 0.15) is 17.3 Å². The summed E-state index contributed by atoms with van der Waals surface area (Å²) in [6, 6.07) is 15.4. The van der Waals surface area contributed by atoms with Crippen molar-refractivity contribution in [2.75, 3.05) is 19.1 Å². The maximum atomic E-state index is 13.5. The van der Waals surface area contributed by atoms with Crippen LogP contribution in [0.4, 0.5) is 5.13 Å². The number of ether oxygens (including phenoxy) is 2. The van der Waals surface area contributed by atoms with E-state index in [0.29, 0.717) is 27.8 Å². The van der Waals surface area contributed by atoms with Crippen molar-refractivity contribution < 1.29 is 24.2 Å². The first-order chi connectivity index (χ1) is 17.7. The van der Waals surface area contributed by atoms with Gasteiger partial charge in [-0.3, -0.25) is 14.5 Å². The fourth-order valence-corrected chi connectivity index (χ4v) is 5.97. The standard InChI is InChI=1S/C29H26N2O5S/c1-15-11-17(3)24-22(12-15)37-29(30-24)31-25(18-7-6-8-20(14-18)35-4)23(27(33)28(31)34)26(32)19-9-10-21(36-5)16(2)13-19/h6-14,25,32H,1-5H3/b26-23+. The Kier molecular flexibility index (Phi) is 6.21. The second-order valence-electron chi connectivity index (χ2n) is 9.06. The number of aryl methyl sites for hydroxylation is 3. The highest BCUT2D eigenvalue weighted by Crippen LogP contribution is 2.45. The van der Waals surface area contributed by atoms with E-state index in [4.69, 9.17) is 14.5 Å². The molecule has 1 aliphatic rings. The van der Waals surface area contributed by atoms with Crippen LogP contribution in [0, 0.1) is 20.8 Å². The predicted octanol–water partition coefficient (Wildman–Crippen LogP) is 5.87. The number of amides is 1. The lowest BCUT2D eigenvalue weighted by Crippen LogP contribution is -2.29. The molecule has 1 N–H and O–H groups in total. The van der Waals surface area contributed by atoms with Gasteiger partial charge in [-0.05, 0) is 79.4 Å². The highest BCUT2D eigenvalue weighted by Gasteiger charge is 2.48. The van der Waals surface area contributed by atoms with Gasteiger partial charge in [0.25, 0.3) is 5.78 Å². The van der Waals surface area contributed by atoms with Crippen molar-refractivity contribution in [1.82, 2.24) is 4.98 Å². The van der Waals surface area contributed by atoms with Crippen molar-refractivity contribution in [1.29, 1.82) is 0 Å². The average molecular weight is 515 g/mol. The number of thiazole rings is 1. The Hall–Kier alpha value is -4.17. The number of benzene rings is 3. The average Bonchev–Trinajstić information content (AvgIpc) is 3.42. The van der Waals surface area contributed by atoms with Crippen LogP contribution in [0.2, 0.25) is 0 Å². The Morgan fingerprint density at radius 3 is 2.46 bits per heavy atom. The number of rotatable bonds is 5. The topological polar surface area (TPSA) is 89.0 Å². The number of aliphatic hydroxyl groups excluding tert-OH is 1. The van der Waals surface area contributed by atoms with Gasteiger partial charge in [0.2, 0.25) is 0 Å². The number of fused-ring (bicyclic) bond motifs is 1. The molecule has 0 radical (unpaired) electrons. The zero-order valence-electron chi connectivity index (χ0n) is 21.2. The van der Waals surface area contributed by atoms with Gasteiger partial charge in [-0.2, -0.15) is 0 Å². The molecule has 5 rings (SSSR count). The molecule has 1 aromatic heterocycles. The fraction of sp³-hybridized carbons (Fsp3) is 0.207. The number of aromatic nitrogens is 1. The maximum Gasteiger partial charge on any atom is 0.301 e. The quantitative estimate of drug-likeness (QED) is 0.204. The fourth-order valence-electron chi connectivity index (χ4n) is 4.80.